The van der Waals surface area contributed by atoms with Crippen molar-refractivity contribution in [2.75, 3.05) is 5.32 Å². The Kier molecular flexibility index (Phi) is 6.40. The number of nitrogens with one attached hydrogen (secondary N) is 2. The number of carbonyl (C=O) groups excluding carboxylic acids is 2. The van der Waals surface area contributed by atoms with Crippen molar-refractivity contribution in [3.63, 3.8) is 0 Å². The number of ether oxygens (including phenoxy) is 1. The molecule has 0 aliphatic rings. The van der Waals surface area contributed by atoms with Crippen LogP contribution in [0.15, 0.2) is 45.7 Å². The zero-order valence-corrected chi connectivity index (χ0v) is 16.3. The van der Waals surface area contributed by atoms with Crippen LogP contribution in [0.5, 0.6) is 0 Å². The number of aryl methyl sites for hydroxylation is 1. The average molecular weight is 394 g/mol. The summed E-state index contributed by atoms with van der Waals surface area (Å²) in [4.78, 5) is 24.1. The van der Waals surface area contributed by atoms with Gasteiger partial charge in [-0.1, -0.05) is 0 Å². The summed E-state index contributed by atoms with van der Waals surface area (Å²) in [6.07, 6.45) is -1.06. The minimum Gasteiger partial charge on any atom is -0.454 e. The van der Waals surface area contributed by atoms with Gasteiger partial charge in [0.05, 0.1) is 4.90 Å². The predicted octanol–water partition coefficient (Wildman–Crippen LogP) is 2.46. The molecule has 9 heteroatoms. The van der Waals surface area contributed by atoms with Gasteiger partial charge in [0.25, 0.3) is 5.91 Å². The Labute approximate surface area is 157 Å². The summed E-state index contributed by atoms with van der Waals surface area (Å²) >= 11 is 0. The van der Waals surface area contributed by atoms with Gasteiger partial charge in [0.2, 0.25) is 15.8 Å². The molecule has 0 fully saturated rings. The molecule has 1 aromatic carbocycles. The molecular formula is C18H22N2O6S. The number of anilines is 1. The number of carbonyl (C=O) groups is 2. The highest BCUT2D eigenvalue weighted by molar-refractivity contribution is 7.89. The number of rotatable bonds is 7. The normalized spacial score (nSPS) is 12.6. The smallest absolute Gasteiger partial charge is 0.375 e. The number of hydrogen-bond donors (Lipinski definition) is 2. The second kappa shape index (κ2) is 8.36. The van der Waals surface area contributed by atoms with Crippen LogP contribution in [0.4, 0.5) is 5.69 Å². The number of hydrogen-bond acceptors (Lipinski definition) is 6. The molecule has 1 heterocycles. The van der Waals surface area contributed by atoms with E-state index in [0.717, 1.165) is 0 Å². The first-order valence-corrected chi connectivity index (χ1v) is 9.77. The predicted molar refractivity (Wildman–Crippen MR) is 98.9 cm³/mol. The zero-order valence-electron chi connectivity index (χ0n) is 15.5. The van der Waals surface area contributed by atoms with Crippen LogP contribution in [0, 0.1) is 6.92 Å². The number of furan rings is 1. The fourth-order valence-electron chi connectivity index (χ4n) is 2.16. The molecule has 1 amide bonds. The van der Waals surface area contributed by atoms with E-state index in [0.29, 0.717) is 11.4 Å². The van der Waals surface area contributed by atoms with Gasteiger partial charge in [-0.25, -0.2) is 17.9 Å². The fourth-order valence-corrected chi connectivity index (χ4v) is 3.41. The molecule has 2 rings (SSSR count). The Morgan fingerprint density at radius 2 is 1.67 bits per heavy atom. The molecule has 0 aliphatic carbocycles. The first-order chi connectivity index (χ1) is 12.6. The van der Waals surface area contributed by atoms with Crippen molar-refractivity contribution in [3.8, 4) is 0 Å². The monoisotopic (exact) mass is 394 g/mol. The van der Waals surface area contributed by atoms with E-state index in [-0.39, 0.29) is 16.7 Å². The molecule has 27 heavy (non-hydrogen) atoms. The van der Waals surface area contributed by atoms with Gasteiger partial charge in [-0.3, -0.25) is 4.79 Å². The molecule has 0 spiro atoms. The lowest BCUT2D eigenvalue weighted by atomic mass is 10.3. The molecule has 0 saturated heterocycles. The highest BCUT2D eigenvalue weighted by Crippen LogP contribution is 2.15. The summed E-state index contributed by atoms with van der Waals surface area (Å²) in [5.74, 6) is -0.727. The topological polar surface area (TPSA) is 115 Å². The van der Waals surface area contributed by atoms with Crippen LogP contribution in [0.2, 0.25) is 0 Å². The van der Waals surface area contributed by atoms with Crippen molar-refractivity contribution in [1.29, 1.82) is 0 Å². The van der Waals surface area contributed by atoms with E-state index in [4.69, 9.17) is 9.15 Å². The van der Waals surface area contributed by atoms with Crippen molar-refractivity contribution in [3.05, 3.63) is 47.9 Å². The molecule has 8 nitrogen and oxygen atoms in total. The van der Waals surface area contributed by atoms with Crippen LogP contribution in [-0.4, -0.2) is 32.4 Å². The van der Waals surface area contributed by atoms with Gasteiger partial charge in [-0.15, -0.1) is 0 Å². The maximum absolute atomic E-state index is 12.2. The third-order valence-electron chi connectivity index (χ3n) is 3.42. The fraction of sp³-hybridized carbons (Fsp3) is 0.333. The van der Waals surface area contributed by atoms with Gasteiger partial charge in [0.15, 0.2) is 6.10 Å². The summed E-state index contributed by atoms with van der Waals surface area (Å²) in [5, 5.41) is 2.56. The second-order valence-electron chi connectivity index (χ2n) is 6.25. The molecule has 0 bridgehead atoms. The third-order valence-corrected chi connectivity index (χ3v) is 5.09. The SMILES string of the molecule is Cc1ccc(C(=O)O[C@H](C)C(=O)Nc2ccc(S(=O)(=O)NC(C)C)cc2)o1. The zero-order chi connectivity index (χ0) is 20.2. The molecule has 146 valence electrons. The summed E-state index contributed by atoms with van der Waals surface area (Å²) in [6.45, 7) is 6.56. The van der Waals surface area contributed by atoms with Crippen molar-refractivity contribution >= 4 is 27.6 Å². The van der Waals surface area contributed by atoms with Crippen molar-refractivity contribution in [1.82, 2.24) is 4.72 Å². The van der Waals surface area contributed by atoms with Crippen LogP contribution in [0.3, 0.4) is 0 Å². The molecule has 0 saturated carbocycles. The van der Waals surface area contributed by atoms with Gasteiger partial charge in [-0.2, -0.15) is 0 Å². The Morgan fingerprint density at radius 1 is 1.04 bits per heavy atom. The second-order valence-corrected chi connectivity index (χ2v) is 7.96. The quantitative estimate of drug-likeness (QED) is 0.697. The molecule has 1 aromatic heterocycles. The lowest BCUT2D eigenvalue weighted by Gasteiger charge is -2.13. The summed E-state index contributed by atoms with van der Waals surface area (Å²) in [6, 6.07) is 8.51. The lowest BCUT2D eigenvalue weighted by molar-refractivity contribution is -0.123. The maximum Gasteiger partial charge on any atom is 0.375 e. The Bertz CT molecular complexity index is 916. The Morgan fingerprint density at radius 3 is 2.19 bits per heavy atom. The van der Waals surface area contributed by atoms with Crippen molar-refractivity contribution in [2.24, 2.45) is 0 Å². The largest absolute Gasteiger partial charge is 0.454 e. The first-order valence-electron chi connectivity index (χ1n) is 8.29. The highest BCUT2D eigenvalue weighted by atomic mass is 32.2. The molecule has 2 aromatic rings. The molecular weight excluding hydrogens is 372 g/mol. The Hall–Kier alpha value is -2.65. The van der Waals surface area contributed by atoms with Gasteiger partial charge < -0.3 is 14.5 Å². The molecule has 1 atom stereocenters. The van der Waals surface area contributed by atoms with Crippen LogP contribution in [-0.2, 0) is 19.6 Å². The number of esters is 1. The molecule has 0 unspecified atom stereocenters. The summed E-state index contributed by atoms with van der Waals surface area (Å²) < 4.78 is 36.8. The average Bonchev–Trinajstić information content (AvgIpc) is 3.00. The van der Waals surface area contributed by atoms with E-state index < -0.39 is 28.0 Å². The van der Waals surface area contributed by atoms with Crippen molar-refractivity contribution < 1.29 is 27.2 Å². The van der Waals surface area contributed by atoms with Crippen LogP contribution < -0.4 is 10.0 Å². The maximum atomic E-state index is 12.2. The van der Waals surface area contributed by atoms with E-state index in [9.17, 15) is 18.0 Å². The van der Waals surface area contributed by atoms with Gasteiger partial charge in [-0.05, 0) is 64.1 Å². The van der Waals surface area contributed by atoms with Gasteiger partial charge in [0, 0.05) is 11.7 Å². The van der Waals surface area contributed by atoms with Crippen LogP contribution in [0.1, 0.15) is 37.1 Å². The van der Waals surface area contributed by atoms with Crippen LogP contribution in [0.25, 0.3) is 0 Å². The van der Waals surface area contributed by atoms with Gasteiger partial charge in [0.1, 0.15) is 5.76 Å². The first kappa shape index (κ1) is 20.7. The third kappa shape index (κ3) is 5.66. The molecule has 2 N–H and O–H groups in total. The van der Waals surface area contributed by atoms with E-state index in [2.05, 4.69) is 10.0 Å². The number of sulfonamides is 1. The minimum atomic E-state index is -3.61. The standard InChI is InChI=1S/C18H22N2O6S/c1-11(2)20-27(23,24)15-8-6-14(7-9-15)19-17(21)13(4)26-18(22)16-10-5-12(3)25-16/h5-11,13,20H,1-4H3,(H,19,21)/t13-/m1/s1. The Balaban J connectivity index is 1.98. The van der Waals surface area contributed by atoms with E-state index in [1.165, 1.54) is 37.3 Å². The lowest BCUT2D eigenvalue weighted by Crippen LogP contribution is -2.30. The van der Waals surface area contributed by atoms with E-state index in [1.54, 1.807) is 26.8 Å². The number of amides is 1. The summed E-state index contributed by atoms with van der Waals surface area (Å²) in [7, 11) is -3.61. The van der Waals surface area contributed by atoms with Gasteiger partial charge >= 0.3 is 5.97 Å². The molecule has 0 aliphatic heterocycles. The summed E-state index contributed by atoms with van der Waals surface area (Å²) in [5.41, 5.74) is 0.375. The highest BCUT2D eigenvalue weighted by Gasteiger charge is 2.21. The van der Waals surface area contributed by atoms with Crippen molar-refractivity contribution in [2.45, 2.75) is 44.7 Å². The number of benzene rings is 1. The van der Waals surface area contributed by atoms with E-state index in [1.807, 2.05) is 0 Å². The molecule has 0 radical (unpaired) electrons. The van der Waals surface area contributed by atoms with Crippen LogP contribution >= 0.6 is 0 Å². The minimum absolute atomic E-state index is 0.0133. The van der Waals surface area contributed by atoms with E-state index >= 15 is 0 Å².